The van der Waals surface area contributed by atoms with Crippen molar-refractivity contribution in [1.29, 1.82) is 0 Å². The summed E-state index contributed by atoms with van der Waals surface area (Å²) in [5.74, 6) is 1.01. The van der Waals surface area contributed by atoms with Gasteiger partial charge in [0.05, 0.1) is 33.7 Å². The predicted octanol–water partition coefficient (Wildman–Crippen LogP) is 2.78. The van der Waals surface area contributed by atoms with E-state index in [-0.39, 0.29) is 23.2 Å². The molecule has 0 radical (unpaired) electrons. The van der Waals surface area contributed by atoms with E-state index in [0.29, 0.717) is 35.3 Å². The molecule has 2 aromatic carbocycles. The van der Waals surface area contributed by atoms with Crippen LogP contribution >= 0.6 is 11.6 Å². The molecule has 8 nitrogen and oxygen atoms in total. The van der Waals surface area contributed by atoms with Gasteiger partial charge in [-0.15, -0.1) is 0 Å². The fourth-order valence-electron chi connectivity index (χ4n) is 2.83. The van der Waals surface area contributed by atoms with Crippen LogP contribution in [0.4, 0.5) is 5.69 Å². The van der Waals surface area contributed by atoms with Gasteiger partial charge in [0, 0.05) is 12.1 Å². The number of benzene rings is 2. The number of nitro groups is 1. The van der Waals surface area contributed by atoms with E-state index < -0.39 is 4.92 Å². The highest BCUT2D eigenvalue weighted by Gasteiger charge is 2.17. The molecule has 1 aliphatic heterocycles. The van der Waals surface area contributed by atoms with Gasteiger partial charge in [0.1, 0.15) is 13.2 Å². The molecule has 0 saturated carbocycles. The van der Waals surface area contributed by atoms with E-state index in [0.717, 1.165) is 5.56 Å². The first-order valence-electron chi connectivity index (χ1n) is 7.74. The van der Waals surface area contributed by atoms with Crippen molar-refractivity contribution in [3.63, 3.8) is 0 Å². The zero-order valence-corrected chi connectivity index (χ0v) is 14.1. The van der Waals surface area contributed by atoms with Crippen molar-refractivity contribution in [1.82, 2.24) is 9.55 Å². The van der Waals surface area contributed by atoms with Crippen LogP contribution in [0.25, 0.3) is 10.9 Å². The van der Waals surface area contributed by atoms with E-state index in [4.69, 9.17) is 21.1 Å². The molecule has 0 aliphatic carbocycles. The molecule has 0 N–H and O–H groups in total. The highest BCUT2D eigenvalue weighted by atomic mass is 35.5. The number of ether oxygens (including phenoxy) is 2. The molecule has 2 heterocycles. The van der Waals surface area contributed by atoms with Gasteiger partial charge in [-0.2, -0.15) is 0 Å². The molecule has 9 heteroatoms. The summed E-state index contributed by atoms with van der Waals surface area (Å²) in [4.78, 5) is 27.3. The predicted molar refractivity (Wildman–Crippen MR) is 94.2 cm³/mol. The van der Waals surface area contributed by atoms with E-state index in [1.807, 2.05) is 0 Å². The van der Waals surface area contributed by atoms with Gasteiger partial charge in [-0.3, -0.25) is 19.5 Å². The Kier molecular flexibility index (Phi) is 3.96. The van der Waals surface area contributed by atoms with Gasteiger partial charge in [-0.05, 0) is 23.8 Å². The average Bonchev–Trinajstić information content (AvgIpc) is 2.64. The molecule has 0 unspecified atom stereocenters. The van der Waals surface area contributed by atoms with Gasteiger partial charge < -0.3 is 9.47 Å². The minimum atomic E-state index is -0.545. The van der Waals surface area contributed by atoms with Gasteiger partial charge in [0.2, 0.25) is 0 Å². The summed E-state index contributed by atoms with van der Waals surface area (Å²) in [6, 6.07) is 7.46. The molecule has 0 saturated heterocycles. The monoisotopic (exact) mass is 373 g/mol. The Balaban J connectivity index is 1.76. The van der Waals surface area contributed by atoms with E-state index in [9.17, 15) is 14.9 Å². The van der Waals surface area contributed by atoms with E-state index in [1.54, 1.807) is 12.1 Å². The molecule has 1 aliphatic rings. The van der Waals surface area contributed by atoms with Crippen molar-refractivity contribution in [2.45, 2.75) is 6.54 Å². The van der Waals surface area contributed by atoms with Crippen molar-refractivity contribution in [2.75, 3.05) is 13.2 Å². The summed E-state index contributed by atoms with van der Waals surface area (Å²) in [5, 5.41) is 11.5. The van der Waals surface area contributed by atoms with Crippen molar-refractivity contribution in [2.24, 2.45) is 0 Å². The third-order valence-electron chi connectivity index (χ3n) is 4.03. The summed E-state index contributed by atoms with van der Waals surface area (Å²) in [7, 11) is 0. The summed E-state index contributed by atoms with van der Waals surface area (Å²) >= 11 is 6.22. The summed E-state index contributed by atoms with van der Waals surface area (Å²) in [5.41, 5.74) is 0.603. The van der Waals surface area contributed by atoms with Crippen LogP contribution in [0, 0.1) is 10.1 Å². The topological polar surface area (TPSA) is 96.5 Å². The van der Waals surface area contributed by atoms with E-state index in [1.165, 1.54) is 29.1 Å². The van der Waals surface area contributed by atoms with Gasteiger partial charge in [0.25, 0.3) is 11.2 Å². The Hall–Kier alpha value is -3.13. The summed E-state index contributed by atoms with van der Waals surface area (Å²) in [6.45, 7) is 1.05. The number of hydrogen-bond acceptors (Lipinski definition) is 6. The molecule has 0 atom stereocenters. The first-order valence-corrected chi connectivity index (χ1v) is 8.12. The lowest BCUT2D eigenvalue weighted by Crippen LogP contribution is -2.21. The average molecular weight is 374 g/mol. The number of aromatic nitrogens is 2. The molecule has 0 amide bonds. The molecule has 4 rings (SSSR count). The van der Waals surface area contributed by atoms with Gasteiger partial charge in [-0.1, -0.05) is 11.6 Å². The highest BCUT2D eigenvalue weighted by Crippen LogP contribution is 2.38. The molecule has 0 fully saturated rings. The second kappa shape index (κ2) is 6.30. The van der Waals surface area contributed by atoms with Crippen molar-refractivity contribution in [3.8, 4) is 11.5 Å². The zero-order valence-electron chi connectivity index (χ0n) is 13.3. The molecular formula is C17H12ClN3O5. The second-order valence-corrected chi connectivity index (χ2v) is 6.15. The first kappa shape index (κ1) is 16.3. The van der Waals surface area contributed by atoms with Crippen LogP contribution in [0.3, 0.4) is 0 Å². The number of fused-ring (bicyclic) bond motifs is 2. The summed E-state index contributed by atoms with van der Waals surface area (Å²) in [6.07, 6.45) is 1.40. The molecule has 1 aromatic heterocycles. The fourth-order valence-corrected chi connectivity index (χ4v) is 3.11. The number of rotatable bonds is 3. The van der Waals surface area contributed by atoms with Crippen LogP contribution < -0.4 is 15.0 Å². The molecule has 0 bridgehead atoms. The number of nitro benzene ring substituents is 1. The number of nitrogens with zero attached hydrogens (tertiary/aromatic N) is 3. The molecule has 0 spiro atoms. The molecule has 26 heavy (non-hydrogen) atoms. The lowest BCUT2D eigenvalue weighted by Gasteiger charge is -2.20. The zero-order chi connectivity index (χ0) is 18.3. The normalized spacial score (nSPS) is 13.0. The molecule has 132 valence electrons. The molecular weight excluding hydrogens is 362 g/mol. The standard InChI is InChI=1S/C17H12ClN3O5/c18-13-5-10(6-15-16(13)26-4-3-25-15)8-20-9-19-14-2-1-11(21(23)24)7-12(14)17(20)22/h1-2,5-7,9H,3-4,8H2. The minimum absolute atomic E-state index is 0.156. The van der Waals surface area contributed by atoms with Crippen molar-refractivity contribution in [3.05, 3.63) is 67.7 Å². The van der Waals surface area contributed by atoms with Gasteiger partial charge in [-0.25, -0.2) is 4.98 Å². The smallest absolute Gasteiger partial charge is 0.270 e. The SMILES string of the molecule is O=c1c2cc([N+](=O)[O-])ccc2ncn1Cc1cc(Cl)c2c(c1)OCCO2. The third kappa shape index (κ3) is 2.84. The van der Waals surface area contributed by atoms with Crippen LogP contribution in [0.15, 0.2) is 41.5 Å². The van der Waals surface area contributed by atoms with Crippen molar-refractivity contribution >= 4 is 28.2 Å². The second-order valence-electron chi connectivity index (χ2n) is 5.74. The fraction of sp³-hybridized carbons (Fsp3) is 0.176. The van der Waals surface area contributed by atoms with Gasteiger partial charge >= 0.3 is 0 Å². The maximum absolute atomic E-state index is 12.7. The maximum Gasteiger partial charge on any atom is 0.270 e. The summed E-state index contributed by atoms with van der Waals surface area (Å²) < 4.78 is 12.4. The van der Waals surface area contributed by atoms with Crippen LogP contribution in [0.5, 0.6) is 11.5 Å². The Morgan fingerprint density at radius 3 is 2.85 bits per heavy atom. The quantitative estimate of drug-likeness (QED) is 0.517. The van der Waals surface area contributed by atoms with Crippen molar-refractivity contribution < 1.29 is 14.4 Å². The Morgan fingerprint density at radius 1 is 1.23 bits per heavy atom. The van der Waals surface area contributed by atoms with Crippen LogP contribution in [0.2, 0.25) is 5.02 Å². The lowest BCUT2D eigenvalue weighted by molar-refractivity contribution is -0.384. The Bertz CT molecular complexity index is 1100. The number of non-ortho nitro benzene ring substituents is 1. The number of halogens is 1. The number of hydrogen-bond donors (Lipinski definition) is 0. The Labute approximate surface area is 151 Å². The van der Waals surface area contributed by atoms with E-state index in [2.05, 4.69) is 4.98 Å². The highest BCUT2D eigenvalue weighted by molar-refractivity contribution is 6.32. The first-order chi connectivity index (χ1) is 12.5. The largest absolute Gasteiger partial charge is 0.486 e. The lowest BCUT2D eigenvalue weighted by atomic mass is 10.1. The van der Waals surface area contributed by atoms with Gasteiger partial charge in [0.15, 0.2) is 11.5 Å². The minimum Gasteiger partial charge on any atom is -0.486 e. The molecule has 3 aromatic rings. The Morgan fingerprint density at radius 2 is 2.04 bits per heavy atom. The third-order valence-corrected chi connectivity index (χ3v) is 4.31. The maximum atomic E-state index is 12.7. The van der Waals surface area contributed by atoms with Crippen LogP contribution in [-0.2, 0) is 6.54 Å². The van der Waals surface area contributed by atoms with Crippen LogP contribution in [-0.4, -0.2) is 27.7 Å². The van der Waals surface area contributed by atoms with Crippen LogP contribution in [0.1, 0.15) is 5.56 Å². The van der Waals surface area contributed by atoms with E-state index >= 15 is 0 Å².